The molecule has 3 aliphatic heterocycles. The van der Waals surface area contributed by atoms with Gasteiger partial charge in [-0.3, -0.25) is 24.5 Å². The lowest BCUT2D eigenvalue weighted by molar-refractivity contribution is -0.130. The lowest BCUT2D eigenvalue weighted by Crippen LogP contribution is -2.53. The zero-order chi connectivity index (χ0) is 24.5. The molecule has 8 nitrogen and oxygen atoms in total. The molecule has 4 amide bonds. The number of rotatable bonds is 4. The number of nitrogens with zero attached hydrogens (tertiary/aromatic N) is 1. The van der Waals surface area contributed by atoms with E-state index >= 15 is 0 Å². The second-order valence-corrected chi connectivity index (χ2v) is 9.95. The molecule has 0 saturated carbocycles. The van der Waals surface area contributed by atoms with Crippen LogP contribution >= 0.6 is 34.8 Å². The van der Waals surface area contributed by atoms with Gasteiger partial charge >= 0.3 is 0 Å². The number of imide groups is 1. The van der Waals surface area contributed by atoms with E-state index in [2.05, 4.69) is 10.6 Å². The van der Waals surface area contributed by atoms with Gasteiger partial charge in [-0.05, 0) is 43.2 Å². The zero-order valence-corrected chi connectivity index (χ0v) is 20.1. The Morgan fingerprint density at radius 2 is 1.76 bits per heavy atom. The Labute approximate surface area is 209 Å². The molecule has 2 aromatic rings. The topological polar surface area (TPSA) is 122 Å². The second-order valence-electron chi connectivity index (χ2n) is 8.73. The van der Waals surface area contributed by atoms with E-state index in [1.54, 1.807) is 19.1 Å². The predicted molar refractivity (Wildman–Crippen MR) is 128 cm³/mol. The molecular weight excluding hydrogens is 503 g/mol. The van der Waals surface area contributed by atoms with Crippen LogP contribution in [0.2, 0.25) is 15.1 Å². The van der Waals surface area contributed by atoms with Crippen molar-refractivity contribution in [1.82, 2.24) is 5.32 Å². The van der Waals surface area contributed by atoms with Crippen molar-refractivity contribution in [3.63, 3.8) is 0 Å². The number of primary amides is 1. The molecule has 176 valence electrons. The summed E-state index contributed by atoms with van der Waals surface area (Å²) in [5.74, 6) is -3.97. The van der Waals surface area contributed by atoms with Crippen LogP contribution in [0.25, 0.3) is 0 Å². The van der Waals surface area contributed by atoms with E-state index in [1.165, 1.54) is 18.2 Å². The molecule has 0 radical (unpaired) electrons. The highest BCUT2D eigenvalue weighted by Gasteiger charge is 2.70. The van der Waals surface area contributed by atoms with Crippen molar-refractivity contribution >= 4 is 69.8 Å². The first-order valence-corrected chi connectivity index (χ1v) is 11.7. The second kappa shape index (κ2) is 7.95. The van der Waals surface area contributed by atoms with Crippen LogP contribution in [0, 0.1) is 18.8 Å². The van der Waals surface area contributed by atoms with Gasteiger partial charge in [-0.15, -0.1) is 0 Å². The number of carbonyl (C=O) groups excluding carboxylic acids is 4. The first kappa shape index (κ1) is 23.1. The SMILES string of the molecule is Cc1c(Cl)ccc2c1NC(=O)C21NC(CCC(N)=O)C2C(=O)N(c3ccc(Cl)c(Cl)c3)C(=O)C21. The molecule has 3 heterocycles. The standard InChI is InChI=1S/C23H19Cl3N4O4/c1-9-12(24)5-3-11-19(9)28-22(34)23(11)18-17(15(29-23)6-7-16(27)31)20(32)30(21(18)33)10-2-4-13(25)14(26)8-10/h2-5,8,15,17-18,29H,6-7H2,1H3,(H2,27,31)(H,28,34). The highest BCUT2D eigenvalue weighted by Crippen LogP contribution is 2.55. The van der Waals surface area contributed by atoms with Gasteiger partial charge in [-0.2, -0.15) is 0 Å². The average Bonchev–Trinajstić information content (AvgIpc) is 3.36. The van der Waals surface area contributed by atoms with Gasteiger partial charge in [0.2, 0.25) is 23.6 Å². The Balaban J connectivity index is 1.67. The Kier molecular flexibility index (Phi) is 5.40. The number of halogens is 3. The van der Waals surface area contributed by atoms with Gasteiger partial charge in [0.15, 0.2) is 0 Å². The normalized spacial score (nSPS) is 27.4. The Morgan fingerprint density at radius 1 is 1.06 bits per heavy atom. The number of carbonyl (C=O) groups is 4. The third kappa shape index (κ3) is 3.09. The van der Waals surface area contributed by atoms with Crippen molar-refractivity contribution < 1.29 is 19.2 Å². The molecule has 0 aromatic heterocycles. The van der Waals surface area contributed by atoms with Crippen molar-refractivity contribution in [3.05, 3.63) is 56.5 Å². The fourth-order valence-corrected chi connectivity index (χ4v) is 5.86. The quantitative estimate of drug-likeness (QED) is 0.534. The molecule has 3 aliphatic rings. The molecule has 2 fully saturated rings. The maximum absolute atomic E-state index is 13.8. The highest BCUT2D eigenvalue weighted by atomic mass is 35.5. The third-order valence-corrected chi connectivity index (χ3v) is 8.10. The first-order valence-electron chi connectivity index (χ1n) is 10.6. The first-order chi connectivity index (χ1) is 16.1. The van der Waals surface area contributed by atoms with Gasteiger partial charge in [0.25, 0.3) is 0 Å². The van der Waals surface area contributed by atoms with Crippen molar-refractivity contribution in [2.45, 2.75) is 31.3 Å². The average molecular weight is 522 g/mol. The summed E-state index contributed by atoms with van der Waals surface area (Å²) in [5.41, 5.74) is 5.80. The number of nitrogens with one attached hydrogen (secondary N) is 2. The van der Waals surface area contributed by atoms with E-state index < -0.39 is 47.0 Å². The highest BCUT2D eigenvalue weighted by molar-refractivity contribution is 6.42. The Bertz CT molecular complexity index is 1300. The molecule has 4 N–H and O–H groups in total. The van der Waals surface area contributed by atoms with Crippen molar-refractivity contribution in [1.29, 1.82) is 0 Å². The minimum atomic E-state index is -1.50. The summed E-state index contributed by atoms with van der Waals surface area (Å²) in [6, 6.07) is 7.15. The smallest absolute Gasteiger partial charge is 0.250 e. The van der Waals surface area contributed by atoms with Gasteiger partial charge in [-0.1, -0.05) is 40.9 Å². The van der Waals surface area contributed by atoms with Crippen molar-refractivity contribution in [3.8, 4) is 0 Å². The monoisotopic (exact) mass is 520 g/mol. The summed E-state index contributed by atoms with van der Waals surface area (Å²) >= 11 is 18.4. The van der Waals surface area contributed by atoms with Crippen LogP contribution in [0.1, 0.15) is 24.0 Å². The molecule has 11 heteroatoms. The van der Waals surface area contributed by atoms with Crippen LogP contribution in [0.4, 0.5) is 11.4 Å². The summed E-state index contributed by atoms with van der Waals surface area (Å²) in [7, 11) is 0. The maximum atomic E-state index is 13.8. The van der Waals surface area contributed by atoms with Crippen LogP contribution in [-0.2, 0) is 24.7 Å². The van der Waals surface area contributed by atoms with Crippen molar-refractivity contribution in [2.24, 2.45) is 17.6 Å². The number of anilines is 2. The largest absolute Gasteiger partial charge is 0.370 e. The summed E-state index contributed by atoms with van der Waals surface area (Å²) in [5, 5.41) is 7.02. The van der Waals surface area contributed by atoms with E-state index in [0.29, 0.717) is 21.8 Å². The number of fused-ring (bicyclic) bond motifs is 4. The van der Waals surface area contributed by atoms with Crippen LogP contribution in [-0.4, -0.2) is 29.7 Å². The zero-order valence-electron chi connectivity index (χ0n) is 17.8. The number of benzene rings is 2. The van der Waals surface area contributed by atoms with E-state index in [9.17, 15) is 19.2 Å². The lowest BCUT2D eigenvalue weighted by atomic mass is 9.76. The van der Waals surface area contributed by atoms with E-state index in [0.717, 1.165) is 4.90 Å². The fourth-order valence-electron chi connectivity index (χ4n) is 5.41. The minimum absolute atomic E-state index is 0.0146. The molecule has 34 heavy (non-hydrogen) atoms. The minimum Gasteiger partial charge on any atom is -0.370 e. The van der Waals surface area contributed by atoms with Crippen LogP contribution in [0.5, 0.6) is 0 Å². The summed E-state index contributed by atoms with van der Waals surface area (Å²) in [6.07, 6.45) is 0.168. The predicted octanol–water partition coefficient (Wildman–Crippen LogP) is 3.15. The Hall–Kier alpha value is -2.65. The van der Waals surface area contributed by atoms with Gasteiger partial charge in [0.05, 0.1) is 33.3 Å². The van der Waals surface area contributed by atoms with E-state index in [4.69, 9.17) is 40.5 Å². The lowest BCUT2D eigenvalue weighted by Gasteiger charge is -2.29. The number of nitrogens with two attached hydrogens (primary N) is 1. The van der Waals surface area contributed by atoms with Gasteiger partial charge in [0.1, 0.15) is 5.54 Å². The third-order valence-electron chi connectivity index (χ3n) is 6.95. The molecule has 2 saturated heterocycles. The van der Waals surface area contributed by atoms with Gasteiger partial charge < -0.3 is 11.1 Å². The molecule has 0 bridgehead atoms. The number of hydrogen-bond donors (Lipinski definition) is 3. The molecule has 1 spiro atoms. The number of hydrogen-bond acceptors (Lipinski definition) is 5. The summed E-state index contributed by atoms with van der Waals surface area (Å²) in [6.45, 7) is 1.76. The maximum Gasteiger partial charge on any atom is 0.250 e. The fraction of sp³-hybridized carbons (Fsp3) is 0.304. The van der Waals surface area contributed by atoms with E-state index in [1.807, 2.05) is 0 Å². The van der Waals surface area contributed by atoms with Gasteiger partial charge in [0, 0.05) is 23.0 Å². The molecular formula is C23H19Cl3N4O4. The van der Waals surface area contributed by atoms with Crippen LogP contribution in [0.3, 0.4) is 0 Å². The van der Waals surface area contributed by atoms with Crippen LogP contribution in [0.15, 0.2) is 30.3 Å². The molecule has 4 unspecified atom stereocenters. The van der Waals surface area contributed by atoms with Crippen molar-refractivity contribution in [2.75, 3.05) is 10.2 Å². The van der Waals surface area contributed by atoms with E-state index in [-0.39, 0.29) is 28.6 Å². The van der Waals surface area contributed by atoms with Gasteiger partial charge in [-0.25, -0.2) is 4.90 Å². The Morgan fingerprint density at radius 3 is 2.44 bits per heavy atom. The number of amides is 4. The molecule has 0 aliphatic carbocycles. The summed E-state index contributed by atoms with van der Waals surface area (Å²) < 4.78 is 0. The summed E-state index contributed by atoms with van der Waals surface area (Å²) in [4.78, 5) is 53.6. The molecule has 5 rings (SSSR count). The molecule has 4 atom stereocenters. The molecule has 2 aromatic carbocycles. The van der Waals surface area contributed by atoms with Crippen LogP contribution < -0.4 is 21.3 Å².